The van der Waals surface area contributed by atoms with Gasteiger partial charge in [0.1, 0.15) is 12.4 Å². The molecule has 100 valence electrons. The van der Waals surface area contributed by atoms with Crippen molar-refractivity contribution in [3.63, 3.8) is 0 Å². The van der Waals surface area contributed by atoms with Gasteiger partial charge in [-0.1, -0.05) is 36.4 Å². The third-order valence-corrected chi connectivity index (χ3v) is 3.78. The number of imidazole rings is 1. The standard InChI is InChI=1S/C17H17N2O/c1-13-18(2)9-10-19(13)12-17(20)16-8-7-14-5-3-4-6-15(14)11-16/h3-11H,12H2,1-2H3/q+1. The van der Waals surface area contributed by atoms with E-state index in [9.17, 15) is 4.79 Å². The fourth-order valence-corrected chi connectivity index (χ4v) is 2.37. The van der Waals surface area contributed by atoms with Crippen molar-refractivity contribution in [1.29, 1.82) is 0 Å². The molecule has 0 aliphatic carbocycles. The Bertz CT molecular complexity index is 787. The molecule has 0 atom stereocenters. The van der Waals surface area contributed by atoms with Gasteiger partial charge in [-0.25, -0.2) is 9.13 Å². The number of hydrogen-bond donors (Lipinski definition) is 0. The van der Waals surface area contributed by atoms with Crippen LogP contribution < -0.4 is 4.57 Å². The molecular weight excluding hydrogens is 248 g/mol. The Morgan fingerprint density at radius 3 is 2.60 bits per heavy atom. The van der Waals surface area contributed by atoms with E-state index >= 15 is 0 Å². The molecule has 0 aliphatic rings. The van der Waals surface area contributed by atoms with E-state index in [0.717, 1.165) is 22.2 Å². The second kappa shape index (κ2) is 4.93. The Hall–Kier alpha value is -2.42. The predicted molar refractivity (Wildman–Crippen MR) is 78.6 cm³/mol. The van der Waals surface area contributed by atoms with Gasteiger partial charge in [0.2, 0.25) is 5.78 Å². The summed E-state index contributed by atoms with van der Waals surface area (Å²) in [6.45, 7) is 2.39. The van der Waals surface area contributed by atoms with Crippen LogP contribution in [0.1, 0.15) is 16.2 Å². The Labute approximate surface area is 118 Å². The van der Waals surface area contributed by atoms with Crippen LogP contribution in [0.25, 0.3) is 10.8 Å². The molecule has 0 amide bonds. The van der Waals surface area contributed by atoms with Gasteiger partial charge in [-0.05, 0) is 16.8 Å². The third-order valence-electron chi connectivity index (χ3n) is 3.78. The maximum atomic E-state index is 12.4. The first kappa shape index (κ1) is 12.6. The Kier molecular flexibility index (Phi) is 3.11. The molecule has 2 aromatic carbocycles. The molecule has 0 unspecified atom stereocenters. The molecule has 0 N–H and O–H groups in total. The van der Waals surface area contributed by atoms with Gasteiger partial charge in [0.05, 0.1) is 7.05 Å². The first-order valence-corrected chi connectivity index (χ1v) is 6.68. The van der Waals surface area contributed by atoms with Crippen molar-refractivity contribution < 1.29 is 9.36 Å². The molecule has 0 aliphatic heterocycles. The van der Waals surface area contributed by atoms with E-state index in [2.05, 4.69) is 6.07 Å². The monoisotopic (exact) mass is 265 g/mol. The van der Waals surface area contributed by atoms with Crippen LogP contribution in [-0.4, -0.2) is 10.4 Å². The molecule has 3 aromatic rings. The minimum Gasteiger partial charge on any atom is -0.290 e. The van der Waals surface area contributed by atoms with E-state index in [-0.39, 0.29) is 5.78 Å². The second-order valence-electron chi connectivity index (χ2n) is 5.07. The lowest BCUT2D eigenvalue weighted by Gasteiger charge is -2.03. The molecule has 0 fully saturated rings. The van der Waals surface area contributed by atoms with E-state index < -0.39 is 0 Å². The van der Waals surface area contributed by atoms with Gasteiger partial charge in [0, 0.05) is 12.5 Å². The zero-order valence-corrected chi connectivity index (χ0v) is 11.7. The average Bonchev–Trinajstić information content (AvgIpc) is 2.78. The lowest BCUT2D eigenvalue weighted by molar-refractivity contribution is -0.677. The molecule has 1 heterocycles. The molecule has 20 heavy (non-hydrogen) atoms. The minimum absolute atomic E-state index is 0.134. The van der Waals surface area contributed by atoms with Crippen LogP contribution in [0.15, 0.2) is 54.9 Å². The minimum atomic E-state index is 0.134. The Balaban J connectivity index is 1.90. The molecule has 0 radical (unpaired) electrons. The van der Waals surface area contributed by atoms with Crippen LogP contribution in [0.3, 0.4) is 0 Å². The highest BCUT2D eigenvalue weighted by Crippen LogP contribution is 2.16. The number of fused-ring (bicyclic) bond motifs is 1. The third kappa shape index (κ3) is 2.23. The topological polar surface area (TPSA) is 25.9 Å². The molecule has 0 saturated carbocycles. The number of aromatic nitrogens is 2. The maximum absolute atomic E-state index is 12.4. The van der Waals surface area contributed by atoms with Gasteiger partial charge in [0.25, 0.3) is 5.82 Å². The quantitative estimate of drug-likeness (QED) is 0.528. The van der Waals surface area contributed by atoms with Crippen LogP contribution in [0, 0.1) is 6.92 Å². The number of hydrogen-bond acceptors (Lipinski definition) is 1. The normalized spacial score (nSPS) is 10.9. The van der Waals surface area contributed by atoms with Crippen molar-refractivity contribution in [2.45, 2.75) is 13.5 Å². The van der Waals surface area contributed by atoms with E-state index in [1.54, 1.807) is 0 Å². The van der Waals surface area contributed by atoms with Crippen molar-refractivity contribution in [2.75, 3.05) is 0 Å². The lowest BCUT2D eigenvalue weighted by atomic mass is 10.0. The van der Waals surface area contributed by atoms with E-state index in [1.807, 2.05) is 71.9 Å². The molecule has 0 spiro atoms. The van der Waals surface area contributed by atoms with Gasteiger partial charge in [-0.3, -0.25) is 4.79 Å². The van der Waals surface area contributed by atoms with E-state index in [1.165, 1.54) is 0 Å². The number of carbonyl (C=O) groups excluding carboxylic acids is 1. The predicted octanol–water partition coefficient (Wildman–Crippen LogP) is 2.66. The van der Waals surface area contributed by atoms with Crippen molar-refractivity contribution in [3.05, 3.63) is 66.2 Å². The van der Waals surface area contributed by atoms with Gasteiger partial charge < -0.3 is 0 Å². The van der Waals surface area contributed by atoms with Crippen LogP contribution in [0.5, 0.6) is 0 Å². The fraction of sp³-hybridized carbons (Fsp3) is 0.176. The summed E-state index contributed by atoms with van der Waals surface area (Å²) in [5.41, 5.74) is 0.763. The molecule has 0 bridgehead atoms. The zero-order valence-electron chi connectivity index (χ0n) is 11.7. The number of rotatable bonds is 3. The molecule has 3 rings (SSSR count). The van der Waals surface area contributed by atoms with Gasteiger partial charge in [0.15, 0.2) is 6.54 Å². The van der Waals surface area contributed by atoms with Gasteiger partial charge in [-0.15, -0.1) is 0 Å². The van der Waals surface area contributed by atoms with Crippen molar-refractivity contribution in [2.24, 2.45) is 7.05 Å². The molecule has 0 saturated heterocycles. The zero-order chi connectivity index (χ0) is 14.1. The molecule has 3 heteroatoms. The molecular formula is C17H17N2O+. The van der Waals surface area contributed by atoms with Crippen molar-refractivity contribution in [3.8, 4) is 0 Å². The Morgan fingerprint density at radius 1 is 1.15 bits per heavy atom. The summed E-state index contributed by atoms with van der Waals surface area (Å²) in [4.78, 5) is 12.4. The summed E-state index contributed by atoms with van der Waals surface area (Å²) in [6, 6.07) is 14.0. The fourth-order valence-electron chi connectivity index (χ4n) is 2.37. The SMILES string of the molecule is Cc1n(CC(=O)c2ccc3ccccc3c2)cc[n+]1C. The van der Waals surface area contributed by atoms with E-state index in [0.29, 0.717) is 6.54 Å². The van der Waals surface area contributed by atoms with Gasteiger partial charge in [-0.2, -0.15) is 0 Å². The summed E-state index contributed by atoms with van der Waals surface area (Å²) in [6.07, 6.45) is 3.90. The highest BCUT2D eigenvalue weighted by Gasteiger charge is 2.14. The number of Topliss-reactive ketones (excluding diaryl/α,β-unsaturated/α-hetero) is 1. The maximum Gasteiger partial charge on any atom is 0.253 e. The van der Waals surface area contributed by atoms with Crippen LogP contribution in [0.4, 0.5) is 0 Å². The number of carbonyl (C=O) groups is 1. The number of ketones is 1. The lowest BCUT2D eigenvalue weighted by Crippen LogP contribution is -2.30. The highest BCUT2D eigenvalue weighted by molar-refractivity contribution is 5.99. The van der Waals surface area contributed by atoms with Crippen molar-refractivity contribution in [1.82, 2.24) is 4.57 Å². The molecule has 1 aromatic heterocycles. The van der Waals surface area contributed by atoms with Crippen molar-refractivity contribution >= 4 is 16.6 Å². The second-order valence-corrected chi connectivity index (χ2v) is 5.07. The number of benzene rings is 2. The van der Waals surface area contributed by atoms with Crippen LogP contribution >= 0.6 is 0 Å². The van der Waals surface area contributed by atoms with Gasteiger partial charge >= 0.3 is 0 Å². The smallest absolute Gasteiger partial charge is 0.253 e. The average molecular weight is 265 g/mol. The summed E-state index contributed by atoms with van der Waals surface area (Å²) < 4.78 is 3.98. The molecule has 3 nitrogen and oxygen atoms in total. The number of nitrogens with zero attached hydrogens (tertiary/aromatic N) is 2. The highest BCUT2D eigenvalue weighted by atomic mass is 16.1. The van der Waals surface area contributed by atoms with Crippen LogP contribution in [-0.2, 0) is 13.6 Å². The first-order valence-electron chi connectivity index (χ1n) is 6.68. The summed E-state index contributed by atoms with van der Waals surface area (Å²) in [5.74, 6) is 1.20. The largest absolute Gasteiger partial charge is 0.290 e. The number of aryl methyl sites for hydroxylation is 1. The van der Waals surface area contributed by atoms with E-state index in [4.69, 9.17) is 0 Å². The summed E-state index contributed by atoms with van der Waals surface area (Å²) in [7, 11) is 1.98. The summed E-state index contributed by atoms with van der Waals surface area (Å²) >= 11 is 0. The van der Waals surface area contributed by atoms with Crippen LogP contribution in [0.2, 0.25) is 0 Å². The Morgan fingerprint density at radius 2 is 1.90 bits per heavy atom. The summed E-state index contributed by atoms with van der Waals surface area (Å²) in [5, 5.41) is 2.26. The first-order chi connectivity index (χ1) is 9.65.